The zero-order valence-electron chi connectivity index (χ0n) is 17.8. The molecule has 0 spiro atoms. The van der Waals surface area contributed by atoms with Crippen molar-refractivity contribution in [2.45, 2.75) is 116 Å². The molecule has 27 heavy (non-hydrogen) atoms. The van der Waals surface area contributed by atoms with Gasteiger partial charge in [-0.15, -0.1) is 0 Å². The summed E-state index contributed by atoms with van der Waals surface area (Å²) in [6, 6.07) is 8.73. The fraction of sp³-hybridized carbons (Fsp3) is 0.760. The van der Waals surface area contributed by atoms with E-state index in [1.54, 1.807) is 0 Å². The van der Waals surface area contributed by atoms with Gasteiger partial charge in [0.25, 0.3) is 0 Å². The van der Waals surface area contributed by atoms with E-state index in [9.17, 15) is 0 Å². The molecule has 2 atom stereocenters. The zero-order chi connectivity index (χ0) is 19.1. The van der Waals surface area contributed by atoms with Crippen LogP contribution in [0.4, 0.5) is 0 Å². The van der Waals surface area contributed by atoms with Crippen molar-refractivity contribution in [3.8, 4) is 5.75 Å². The predicted octanol–water partition coefficient (Wildman–Crippen LogP) is 7.61. The van der Waals surface area contributed by atoms with Crippen LogP contribution in [-0.4, -0.2) is 12.4 Å². The second-order valence-corrected chi connectivity index (χ2v) is 9.40. The molecule has 0 bridgehead atoms. The normalized spacial score (nSPS) is 22.9. The molecule has 3 rings (SSSR count). The van der Waals surface area contributed by atoms with Crippen molar-refractivity contribution in [1.29, 1.82) is 0 Å². The first-order valence-corrected chi connectivity index (χ1v) is 11.5. The topological polar surface area (TPSA) is 18.5 Å². The molecule has 0 radical (unpaired) electrons. The molecule has 2 unspecified atom stereocenters. The molecular weight excluding hydrogens is 332 g/mol. The number of rotatable bonds is 8. The van der Waals surface area contributed by atoms with Gasteiger partial charge in [-0.1, -0.05) is 71.4 Å². The van der Waals surface area contributed by atoms with Crippen LogP contribution in [0.15, 0.2) is 24.3 Å². The predicted molar refractivity (Wildman–Crippen MR) is 113 cm³/mol. The van der Waals surface area contributed by atoms with Crippen molar-refractivity contribution in [3.63, 3.8) is 0 Å². The van der Waals surface area contributed by atoms with Crippen molar-refractivity contribution < 1.29 is 9.47 Å². The Morgan fingerprint density at radius 2 is 1.59 bits per heavy atom. The highest BCUT2D eigenvalue weighted by atomic mass is 16.7. The van der Waals surface area contributed by atoms with Gasteiger partial charge < -0.3 is 9.47 Å². The molecule has 2 heteroatoms. The quantitative estimate of drug-likeness (QED) is 0.437. The Balaban J connectivity index is 1.66. The van der Waals surface area contributed by atoms with E-state index in [0.29, 0.717) is 17.4 Å². The number of hydrogen-bond donors (Lipinski definition) is 0. The number of ether oxygens (including phenoxy) is 2. The summed E-state index contributed by atoms with van der Waals surface area (Å²) in [6.45, 7) is 6.97. The largest absolute Gasteiger partial charge is 0.465 e. The van der Waals surface area contributed by atoms with Crippen LogP contribution >= 0.6 is 0 Å². The van der Waals surface area contributed by atoms with Crippen LogP contribution < -0.4 is 4.74 Å². The summed E-state index contributed by atoms with van der Waals surface area (Å²) in [5.74, 6) is 1.57. The van der Waals surface area contributed by atoms with Crippen LogP contribution in [0.2, 0.25) is 0 Å². The minimum Gasteiger partial charge on any atom is -0.465 e. The van der Waals surface area contributed by atoms with E-state index >= 15 is 0 Å². The SMILES string of the molecule is CCC(C)c1ccc(OC(CC2(C)CCCCC2)OC2CCCCC2)cc1. The van der Waals surface area contributed by atoms with Gasteiger partial charge in [0.1, 0.15) is 5.75 Å². The lowest BCUT2D eigenvalue weighted by atomic mass is 9.73. The van der Waals surface area contributed by atoms with E-state index in [1.807, 2.05) is 0 Å². The Kier molecular flexibility index (Phi) is 7.64. The van der Waals surface area contributed by atoms with E-state index in [1.165, 1.54) is 76.2 Å². The van der Waals surface area contributed by atoms with Crippen molar-refractivity contribution in [1.82, 2.24) is 0 Å². The van der Waals surface area contributed by atoms with Crippen molar-refractivity contribution >= 4 is 0 Å². The fourth-order valence-corrected chi connectivity index (χ4v) is 4.81. The highest BCUT2D eigenvalue weighted by molar-refractivity contribution is 5.29. The molecule has 1 aromatic rings. The number of hydrogen-bond acceptors (Lipinski definition) is 2. The second kappa shape index (κ2) is 9.96. The highest BCUT2D eigenvalue weighted by Gasteiger charge is 2.32. The number of benzene rings is 1. The van der Waals surface area contributed by atoms with Crippen molar-refractivity contribution in [2.75, 3.05) is 0 Å². The molecule has 1 aromatic carbocycles. The van der Waals surface area contributed by atoms with Gasteiger partial charge >= 0.3 is 0 Å². The molecule has 0 saturated heterocycles. The molecule has 0 amide bonds. The van der Waals surface area contributed by atoms with Crippen LogP contribution in [0.1, 0.15) is 109 Å². The first-order valence-electron chi connectivity index (χ1n) is 11.5. The molecule has 0 aromatic heterocycles. The molecule has 152 valence electrons. The van der Waals surface area contributed by atoms with E-state index in [2.05, 4.69) is 45.0 Å². The van der Waals surface area contributed by atoms with Gasteiger partial charge in [0.15, 0.2) is 0 Å². The van der Waals surface area contributed by atoms with Gasteiger partial charge in [0.2, 0.25) is 6.29 Å². The summed E-state index contributed by atoms with van der Waals surface area (Å²) >= 11 is 0. The maximum Gasteiger partial charge on any atom is 0.200 e. The zero-order valence-corrected chi connectivity index (χ0v) is 17.8. The first kappa shape index (κ1) is 20.7. The molecule has 0 N–H and O–H groups in total. The fourth-order valence-electron chi connectivity index (χ4n) is 4.81. The van der Waals surface area contributed by atoms with Gasteiger partial charge in [-0.05, 0) is 61.1 Å². The van der Waals surface area contributed by atoms with Gasteiger partial charge in [-0.3, -0.25) is 0 Å². The Morgan fingerprint density at radius 3 is 2.22 bits per heavy atom. The van der Waals surface area contributed by atoms with Crippen LogP contribution in [0.3, 0.4) is 0 Å². The average Bonchev–Trinajstić information content (AvgIpc) is 2.69. The van der Waals surface area contributed by atoms with E-state index in [0.717, 1.165) is 12.2 Å². The minimum absolute atomic E-state index is 0.106. The van der Waals surface area contributed by atoms with E-state index in [-0.39, 0.29) is 6.29 Å². The molecule has 0 aliphatic heterocycles. The Hall–Kier alpha value is -1.02. The third kappa shape index (κ3) is 6.24. The Morgan fingerprint density at radius 1 is 0.963 bits per heavy atom. The standard InChI is InChI=1S/C25H40O2/c1-4-20(2)21-13-15-23(16-14-21)27-24(26-22-11-7-5-8-12-22)19-25(3)17-9-6-10-18-25/h13-16,20,22,24H,4-12,17-19H2,1-3H3. The lowest BCUT2D eigenvalue weighted by molar-refractivity contribution is -0.148. The highest BCUT2D eigenvalue weighted by Crippen LogP contribution is 2.41. The maximum atomic E-state index is 6.54. The Labute approximate surface area is 167 Å². The summed E-state index contributed by atoms with van der Waals surface area (Å²) in [4.78, 5) is 0. The smallest absolute Gasteiger partial charge is 0.200 e. The lowest BCUT2D eigenvalue weighted by Crippen LogP contribution is -2.34. The molecule has 2 saturated carbocycles. The van der Waals surface area contributed by atoms with Crippen LogP contribution in [-0.2, 0) is 4.74 Å². The summed E-state index contributed by atoms with van der Waals surface area (Å²) in [5, 5.41) is 0. The average molecular weight is 373 g/mol. The van der Waals surface area contributed by atoms with Crippen molar-refractivity contribution in [3.05, 3.63) is 29.8 Å². The molecule has 2 aliphatic rings. The summed E-state index contributed by atoms with van der Waals surface area (Å²) in [7, 11) is 0. The molecule has 2 aliphatic carbocycles. The van der Waals surface area contributed by atoms with Gasteiger partial charge in [0, 0.05) is 6.42 Å². The third-order valence-electron chi connectivity index (χ3n) is 6.95. The van der Waals surface area contributed by atoms with Crippen molar-refractivity contribution in [2.24, 2.45) is 5.41 Å². The Bertz CT molecular complexity index is 538. The van der Waals surface area contributed by atoms with Crippen LogP contribution in [0.25, 0.3) is 0 Å². The van der Waals surface area contributed by atoms with E-state index in [4.69, 9.17) is 9.47 Å². The molecule has 2 fully saturated rings. The van der Waals surface area contributed by atoms with Gasteiger partial charge in [0.05, 0.1) is 6.10 Å². The first-order chi connectivity index (χ1) is 13.1. The molecular formula is C25H40O2. The van der Waals surface area contributed by atoms with Crippen LogP contribution in [0, 0.1) is 5.41 Å². The molecule has 2 nitrogen and oxygen atoms in total. The molecule has 0 heterocycles. The lowest BCUT2D eigenvalue weighted by Gasteiger charge is -2.38. The second-order valence-electron chi connectivity index (χ2n) is 9.40. The summed E-state index contributed by atoms with van der Waals surface area (Å²) in [5.41, 5.74) is 1.77. The van der Waals surface area contributed by atoms with Crippen LogP contribution in [0.5, 0.6) is 5.75 Å². The summed E-state index contributed by atoms with van der Waals surface area (Å²) < 4.78 is 13.0. The summed E-state index contributed by atoms with van der Waals surface area (Å²) in [6.07, 6.45) is 15.6. The maximum absolute atomic E-state index is 6.54. The minimum atomic E-state index is -0.106. The monoisotopic (exact) mass is 372 g/mol. The van der Waals surface area contributed by atoms with Gasteiger partial charge in [-0.2, -0.15) is 0 Å². The van der Waals surface area contributed by atoms with Gasteiger partial charge in [-0.25, -0.2) is 0 Å². The third-order valence-corrected chi connectivity index (χ3v) is 6.95. The van der Waals surface area contributed by atoms with E-state index < -0.39 is 0 Å².